The number of hydrogen-bond donors (Lipinski definition) is 2. The highest BCUT2D eigenvalue weighted by Gasteiger charge is 2.60. The first-order valence-electron chi connectivity index (χ1n) is 16.4. The lowest BCUT2D eigenvalue weighted by Gasteiger charge is -2.61. The number of nitrogens with two attached hydrogens (primary N) is 2. The van der Waals surface area contributed by atoms with Crippen LogP contribution >= 0.6 is 0 Å². The Morgan fingerprint density at radius 2 is 1.71 bits per heavy atom. The molecule has 0 saturated heterocycles. The molecule has 4 aliphatic carbocycles. The van der Waals surface area contributed by atoms with E-state index in [1.807, 2.05) is 18.2 Å². The molecule has 214 valence electrons. The van der Waals surface area contributed by atoms with Crippen LogP contribution in [0.2, 0.25) is 0 Å². The highest BCUT2D eigenvalue weighted by Crippen LogP contribution is 2.68. The van der Waals surface area contributed by atoms with E-state index in [1.165, 1.54) is 77.0 Å². The molecule has 0 spiro atoms. The summed E-state index contributed by atoms with van der Waals surface area (Å²) < 4.78 is 6.04. The molecule has 1 aromatic rings. The second kappa shape index (κ2) is 11.7. The van der Waals surface area contributed by atoms with Crippen LogP contribution in [-0.4, -0.2) is 13.2 Å². The summed E-state index contributed by atoms with van der Waals surface area (Å²) in [6.45, 7) is 12.0. The van der Waals surface area contributed by atoms with Crippen molar-refractivity contribution in [3.05, 3.63) is 23.8 Å². The third kappa shape index (κ3) is 5.52. The topological polar surface area (TPSA) is 61.3 Å². The Labute approximate surface area is 234 Å². The highest BCUT2D eigenvalue weighted by atomic mass is 16.5. The van der Waals surface area contributed by atoms with Crippen molar-refractivity contribution in [1.82, 2.24) is 0 Å². The van der Waals surface area contributed by atoms with Gasteiger partial charge in [0.25, 0.3) is 0 Å². The average molecular weight is 523 g/mol. The molecule has 2 unspecified atom stereocenters. The molecule has 38 heavy (non-hydrogen) atoms. The van der Waals surface area contributed by atoms with Gasteiger partial charge in [-0.3, -0.25) is 0 Å². The summed E-state index contributed by atoms with van der Waals surface area (Å²) >= 11 is 0. The van der Waals surface area contributed by atoms with Crippen molar-refractivity contribution in [2.75, 3.05) is 24.7 Å². The van der Waals surface area contributed by atoms with Gasteiger partial charge in [-0.2, -0.15) is 0 Å². The van der Waals surface area contributed by atoms with Gasteiger partial charge in [-0.15, -0.1) is 0 Å². The van der Waals surface area contributed by atoms with Crippen LogP contribution in [-0.2, 0) is 11.2 Å². The predicted molar refractivity (Wildman–Crippen MR) is 162 cm³/mol. The van der Waals surface area contributed by atoms with Gasteiger partial charge in [-0.05, 0) is 134 Å². The second-order valence-electron chi connectivity index (χ2n) is 14.9. The van der Waals surface area contributed by atoms with E-state index >= 15 is 0 Å². The summed E-state index contributed by atoms with van der Waals surface area (Å²) in [5, 5.41) is 0. The summed E-state index contributed by atoms with van der Waals surface area (Å²) in [5.74, 6) is 6.56. The van der Waals surface area contributed by atoms with E-state index in [1.54, 1.807) is 6.42 Å². The third-order valence-corrected chi connectivity index (χ3v) is 12.8. The molecule has 4 saturated carbocycles. The number of nitrogen functional groups attached to an aromatic ring is 2. The van der Waals surface area contributed by atoms with Crippen LogP contribution in [0.3, 0.4) is 0 Å². The molecule has 1 aromatic carbocycles. The van der Waals surface area contributed by atoms with Crippen molar-refractivity contribution >= 4 is 11.4 Å². The van der Waals surface area contributed by atoms with Gasteiger partial charge < -0.3 is 16.2 Å². The number of hydrogen-bond acceptors (Lipinski definition) is 3. The van der Waals surface area contributed by atoms with Gasteiger partial charge in [0.1, 0.15) is 0 Å². The summed E-state index contributed by atoms with van der Waals surface area (Å²) in [6, 6.07) is 5.80. The molecule has 0 bridgehead atoms. The Bertz CT molecular complexity index is 931. The zero-order chi connectivity index (χ0) is 26.9. The molecule has 5 rings (SSSR count). The molecule has 4 fully saturated rings. The Morgan fingerprint density at radius 1 is 0.895 bits per heavy atom. The third-order valence-electron chi connectivity index (χ3n) is 12.8. The van der Waals surface area contributed by atoms with Crippen molar-refractivity contribution in [2.45, 2.75) is 118 Å². The SMILES string of the molecule is CC(CCC[C@@H](C)[C@H]1CC[C@H]2[C@@H]3CCC4CCCC[C@]4(C)[C@H]3CC[C@]12C)COCCc1ccc(N)cc1N. The smallest absolute Gasteiger partial charge is 0.0507 e. The Morgan fingerprint density at radius 3 is 2.53 bits per heavy atom. The van der Waals surface area contributed by atoms with Gasteiger partial charge >= 0.3 is 0 Å². The first kappa shape index (κ1) is 28.3. The molecule has 0 aromatic heterocycles. The zero-order valence-electron chi connectivity index (χ0n) is 25.2. The quantitative estimate of drug-likeness (QED) is 0.238. The van der Waals surface area contributed by atoms with Crippen LogP contribution in [0.1, 0.15) is 117 Å². The van der Waals surface area contributed by atoms with Crippen molar-refractivity contribution in [1.29, 1.82) is 0 Å². The Kier molecular flexibility index (Phi) is 8.73. The lowest BCUT2D eigenvalue weighted by molar-refractivity contribution is -0.114. The minimum atomic E-state index is 0.608. The second-order valence-corrected chi connectivity index (χ2v) is 14.9. The van der Waals surface area contributed by atoms with Crippen LogP contribution < -0.4 is 11.5 Å². The molecule has 3 nitrogen and oxygen atoms in total. The molecule has 0 radical (unpaired) electrons. The summed E-state index contributed by atoms with van der Waals surface area (Å²) in [7, 11) is 0. The van der Waals surface area contributed by atoms with E-state index < -0.39 is 0 Å². The minimum Gasteiger partial charge on any atom is -0.399 e. The number of benzene rings is 1. The Hall–Kier alpha value is -1.22. The molecule has 4 aliphatic rings. The Balaban J connectivity index is 1.06. The molecule has 4 N–H and O–H groups in total. The zero-order valence-corrected chi connectivity index (χ0v) is 25.2. The van der Waals surface area contributed by atoms with Crippen LogP contribution in [0.4, 0.5) is 11.4 Å². The monoisotopic (exact) mass is 522 g/mol. The van der Waals surface area contributed by atoms with Crippen molar-refractivity contribution < 1.29 is 4.74 Å². The number of fused-ring (bicyclic) bond motifs is 5. The molecular weight excluding hydrogens is 464 g/mol. The average Bonchev–Trinajstić information content (AvgIpc) is 3.24. The maximum Gasteiger partial charge on any atom is 0.0507 e. The van der Waals surface area contributed by atoms with Crippen LogP contribution in [0.25, 0.3) is 0 Å². The summed E-state index contributed by atoms with van der Waals surface area (Å²) in [6.07, 6.45) is 20.1. The molecule has 0 aliphatic heterocycles. The van der Waals surface area contributed by atoms with Gasteiger partial charge in [-0.1, -0.05) is 59.4 Å². The van der Waals surface area contributed by atoms with Crippen molar-refractivity contribution in [2.24, 2.45) is 52.3 Å². The molecule has 0 heterocycles. The number of anilines is 2. The summed E-state index contributed by atoms with van der Waals surface area (Å²) in [5.41, 5.74) is 15.8. The lowest BCUT2D eigenvalue weighted by Crippen LogP contribution is -2.53. The first-order valence-corrected chi connectivity index (χ1v) is 16.4. The fraction of sp³-hybridized carbons (Fsp3) is 0.829. The standard InChI is InChI=1S/C35H58N2O/c1-24(23-38-21-18-26-11-13-28(36)22-33(26)37)8-7-9-25(2)30-15-16-31-29-14-12-27-10-5-6-19-34(27,3)32(29)17-20-35(30,31)4/h11,13,22,24-25,27,29-32H,5-10,12,14-21,23,36-37H2,1-4H3/t24?,25-,27?,29+,30-,31+,32+,34+,35-/m1/s1. The predicted octanol–water partition coefficient (Wildman–Crippen LogP) is 8.90. The van der Waals surface area contributed by atoms with Crippen LogP contribution in [0.15, 0.2) is 18.2 Å². The van der Waals surface area contributed by atoms with Crippen molar-refractivity contribution in [3.8, 4) is 0 Å². The largest absolute Gasteiger partial charge is 0.399 e. The molecule has 3 heteroatoms. The minimum absolute atomic E-state index is 0.608. The van der Waals surface area contributed by atoms with Gasteiger partial charge in [-0.25, -0.2) is 0 Å². The van der Waals surface area contributed by atoms with E-state index in [0.29, 0.717) is 16.7 Å². The van der Waals surface area contributed by atoms with E-state index in [0.717, 1.165) is 72.1 Å². The maximum absolute atomic E-state index is 6.09. The van der Waals surface area contributed by atoms with Crippen LogP contribution in [0, 0.1) is 52.3 Å². The van der Waals surface area contributed by atoms with Gasteiger partial charge in [0.05, 0.1) is 6.61 Å². The molecule has 0 amide bonds. The van der Waals surface area contributed by atoms with Gasteiger partial charge in [0.15, 0.2) is 0 Å². The van der Waals surface area contributed by atoms with E-state index in [2.05, 4.69) is 27.7 Å². The fourth-order valence-electron chi connectivity index (χ4n) is 10.7. The first-order chi connectivity index (χ1) is 18.2. The van der Waals surface area contributed by atoms with Gasteiger partial charge in [0, 0.05) is 18.0 Å². The van der Waals surface area contributed by atoms with Crippen molar-refractivity contribution in [3.63, 3.8) is 0 Å². The molecule has 9 atom stereocenters. The fourth-order valence-corrected chi connectivity index (χ4v) is 10.7. The molecular formula is C35H58N2O. The van der Waals surface area contributed by atoms with E-state index in [9.17, 15) is 0 Å². The van der Waals surface area contributed by atoms with E-state index in [-0.39, 0.29) is 0 Å². The normalized spacial score (nSPS) is 38.2. The maximum atomic E-state index is 6.09. The highest BCUT2D eigenvalue weighted by molar-refractivity contribution is 5.56. The van der Waals surface area contributed by atoms with Gasteiger partial charge in [0.2, 0.25) is 0 Å². The number of rotatable bonds is 10. The number of ether oxygens (including phenoxy) is 1. The lowest BCUT2D eigenvalue weighted by atomic mass is 9.44. The van der Waals surface area contributed by atoms with E-state index in [4.69, 9.17) is 16.2 Å². The summed E-state index contributed by atoms with van der Waals surface area (Å²) in [4.78, 5) is 0. The van der Waals surface area contributed by atoms with Crippen LogP contribution in [0.5, 0.6) is 0 Å².